The second-order valence-electron chi connectivity index (χ2n) is 2.72. The van der Waals surface area contributed by atoms with Crippen LogP contribution in [0.3, 0.4) is 0 Å². The molecule has 15 heavy (non-hydrogen) atoms. The number of carbonyl (C=O) groups excluding carboxylic acids is 1. The molecule has 0 aliphatic heterocycles. The van der Waals surface area contributed by atoms with E-state index in [0.29, 0.717) is 6.54 Å². The maximum atomic E-state index is 13.2. The zero-order valence-electron chi connectivity index (χ0n) is 7.89. The molecule has 2 N–H and O–H groups in total. The van der Waals surface area contributed by atoms with Crippen LogP contribution < -0.4 is 10.6 Å². The Balaban J connectivity index is 2.71. The zero-order valence-corrected chi connectivity index (χ0v) is 8.64. The topological polar surface area (TPSA) is 41.1 Å². The molecule has 80 valence electrons. The van der Waals surface area contributed by atoms with Gasteiger partial charge in [0.05, 0.1) is 10.7 Å². The molecule has 5 heteroatoms. The molecule has 0 atom stereocenters. The largest absolute Gasteiger partial charge is 0.334 e. The maximum Gasteiger partial charge on any atom is 0.319 e. The Labute approximate surface area is 91.9 Å². The molecule has 0 fully saturated rings. The van der Waals surface area contributed by atoms with Gasteiger partial charge in [0.1, 0.15) is 5.82 Å². The number of benzene rings is 1. The SMILES string of the molecule is C=CCNC(=O)Nc1c(F)cccc1Cl. The number of hydrogen-bond donors (Lipinski definition) is 2. The summed E-state index contributed by atoms with van der Waals surface area (Å²) in [5, 5.41) is 4.91. The second kappa shape index (κ2) is 5.36. The molecule has 0 saturated carbocycles. The van der Waals surface area contributed by atoms with Crippen LogP contribution in [-0.4, -0.2) is 12.6 Å². The third-order valence-electron chi connectivity index (χ3n) is 1.61. The van der Waals surface area contributed by atoms with E-state index in [4.69, 9.17) is 11.6 Å². The average molecular weight is 229 g/mol. The number of halogens is 2. The Morgan fingerprint density at radius 3 is 2.93 bits per heavy atom. The van der Waals surface area contributed by atoms with E-state index in [1.807, 2.05) is 0 Å². The van der Waals surface area contributed by atoms with Crippen molar-refractivity contribution in [3.8, 4) is 0 Å². The Bertz CT molecular complexity index is 361. The van der Waals surface area contributed by atoms with Crippen LogP contribution in [0.15, 0.2) is 30.9 Å². The van der Waals surface area contributed by atoms with Crippen LogP contribution >= 0.6 is 11.6 Å². The van der Waals surface area contributed by atoms with Crippen LogP contribution in [0.5, 0.6) is 0 Å². The molecule has 0 spiro atoms. The molecule has 1 aromatic carbocycles. The van der Waals surface area contributed by atoms with E-state index in [2.05, 4.69) is 17.2 Å². The Morgan fingerprint density at radius 2 is 2.33 bits per heavy atom. The molecular formula is C10H10ClFN2O. The van der Waals surface area contributed by atoms with Crippen molar-refractivity contribution in [3.05, 3.63) is 41.7 Å². The molecular weight excluding hydrogens is 219 g/mol. The van der Waals surface area contributed by atoms with Gasteiger partial charge in [-0.05, 0) is 12.1 Å². The van der Waals surface area contributed by atoms with Crippen molar-refractivity contribution in [2.75, 3.05) is 11.9 Å². The normalized spacial score (nSPS) is 9.47. The highest BCUT2D eigenvalue weighted by atomic mass is 35.5. The van der Waals surface area contributed by atoms with E-state index in [0.717, 1.165) is 0 Å². The van der Waals surface area contributed by atoms with Crippen molar-refractivity contribution in [1.29, 1.82) is 0 Å². The van der Waals surface area contributed by atoms with E-state index >= 15 is 0 Å². The fourth-order valence-electron chi connectivity index (χ4n) is 0.940. The van der Waals surface area contributed by atoms with Crippen LogP contribution in [0.1, 0.15) is 0 Å². The van der Waals surface area contributed by atoms with Gasteiger partial charge < -0.3 is 10.6 Å². The van der Waals surface area contributed by atoms with Gasteiger partial charge in [0.2, 0.25) is 0 Å². The monoisotopic (exact) mass is 228 g/mol. The first kappa shape index (κ1) is 11.5. The first-order valence-corrected chi connectivity index (χ1v) is 4.62. The Hall–Kier alpha value is -1.55. The molecule has 1 rings (SSSR count). The summed E-state index contributed by atoms with van der Waals surface area (Å²) in [5.74, 6) is -0.573. The molecule has 0 heterocycles. The van der Waals surface area contributed by atoms with Crippen molar-refractivity contribution in [2.24, 2.45) is 0 Å². The summed E-state index contributed by atoms with van der Waals surface area (Å²) >= 11 is 5.70. The number of hydrogen-bond acceptors (Lipinski definition) is 1. The van der Waals surface area contributed by atoms with Crippen LogP contribution in [0.25, 0.3) is 0 Å². The molecule has 3 nitrogen and oxygen atoms in total. The Kier molecular flexibility index (Phi) is 4.12. The van der Waals surface area contributed by atoms with Crippen LogP contribution in [0.2, 0.25) is 5.02 Å². The summed E-state index contributed by atoms with van der Waals surface area (Å²) < 4.78 is 13.2. The van der Waals surface area contributed by atoms with Gasteiger partial charge in [0.15, 0.2) is 0 Å². The van der Waals surface area contributed by atoms with Gasteiger partial charge in [-0.3, -0.25) is 0 Å². The summed E-state index contributed by atoms with van der Waals surface area (Å²) in [4.78, 5) is 11.2. The minimum atomic E-state index is -0.573. The minimum absolute atomic E-state index is 0.0271. The molecule has 0 aliphatic carbocycles. The van der Waals surface area contributed by atoms with Crippen LogP contribution in [0, 0.1) is 5.82 Å². The van der Waals surface area contributed by atoms with E-state index in [1.54, 1.807) is 0 Å². The number of urea groups is 1. The highest BCUT2D eigenvalue weighted by Crippen LogP contribution is 2.24. The summed E-state index contributed by atoms with van der Waals surface area (Å²) in [6, 6.07) is 3.65. The van der Waals surface area contributed by atoms with E-state index in [1.165, 1.54) is 24.3 Å². The first-order valence-electron chi connectivity index (χ1n) is 4.25. The molecule has 2 amide bonds. The highest BCUT2D eigenvalue weighted by molar-refractivity contribution is 6.33. The van der Waals surface area contributed by atoms with E-state index in [9.17, 15) is 9.18 Å². The molecule has 1 aromatic rings. The van der Waals surface area contributed by atoms with Crippen molar-refractivity contribution in [2.45, 2.75) is 0 Å². The quantitative estimate of drug-likeness (QED) is 0.768. The number of anilines is 1. The molecule has 0 bridgehead atoms. The maximum absolute atomic E-state index is 13.2. The van der Waals surface area contributed by atoms with E-state index < -0.39 is 11.8 Å². The third-order valence-corrected chi connectivity index (χ3v) is 1.92. The summed E-state index contributed by atoms with van der Waals surface area (Å²) in [7, 11) is 0. The summed E-state index contributed by atoms with van der Waals surface area (Å²) in [6.45, 7) is 3.74. The van der Waals surface area contributed by atoms with E-state index in [-0.39, 0.29) is 10.7 Å². The van der Waals surface area contributed by atoms with Crippen LogP contribution in [0.4, 0.5) is 14.9 Å². The van der Waals surface area contributed by atoms with Gasteiger partial charge in [-0.15, -0.1) is 6.58 Å². The average Bonchev–Trinajstić information content (AvgIpc) is 2.21. The lowest BCUT2D eigenvalue weighted by atomic mass is 10.3. The second-order valence-corrected chi connectivity index (χ2v) is 3.13. The number of nitrogens with one attached hydrogen (secondary N) is 2. The number of carbonyl (C=O) groups is 1. The molecule has 0 radical (unpaired) electrons. The predicted molar refractivity (Wildman–Crippen MR) is 58.6 cm³/mol. The van der Waals surface area contributed by atoms with Crippen LogP contribution in [-0.2, 0) is 0 Å². The molecule has 0 saturated heterocycles. The number of rotatable bonds is 3. The van der Waals surface area contributed by atoms with Gasteiger partial charge in [-0.2, -0.15) is 0 Å². The number of amides is 2. The smallest absolute Gasteiger partial charge is 0.319 e. The molecule has 0 aromatic heterocycles. The van der Waals surface area contributed by atoms with Crippen molar-refractivity contribution in [1.82, 2.24) is 5.32 Å². The standard InChI is InChI=1S/C10H10ClFN2O/c1-2-6-13-10(15)14-9-7(11)4-3-5-8(9)12/h2-5H,1,6H2,(H2,13,14,15). The van der Waals surface area contributed by atoms with Gasteiger partial charge >= 0.3 is 6.03 Å². The van der Waals surface area contributed by atoms with Crippen molar-refractivity contribution >= 4 is 23.3 Å². The summed E-state index contributed by atoms with van der Waals surface area (Å²) in [5.41, 5.74) is -0.0271. The summed E-state index contributed by atoms with van der Waals surface area (Å²) in [6.07, 6.45) is 1.52. The van der Waals surface area contributed by atoms with Crippen molar-refractivity contribution in [3.63, 3.8) is 0 Å². The fraction of sp³-hybridized carbons (Fsp3) is 0.100. The molecule has 0 unspecified atom stereocenters. The highest BCUT2D eigenvalue weighted by Gasteiger charge is 2.09. The third kappa shape index (κ3) is 3.25. The van der Waals surface area contributed by atoms with Gasteiger partial charge in [0, 0.05) is 6.54 Å². The Morgan fingerprint density at radius 1 is 1.60 bits per heavy atom. The minimum Gasteiger partial charge on any atom is -0.334 e. The molecule has 0 aliphatic rings. The predicted octanol–water partition coefficient (Wildman–Crippen LogP) is 2.79. The lowest BCUT2D eigenvalue weighted by Crippen LogP contribution is -2.29. The lowest BCUT2D eigenvalue weighted by molar-refractivity contribution is 0.253. The fourth-order valence-corrected chi connectivity index (χ4v) is 1.15. The first-order chi connectivity index (χ1) is 7.15. The van der Waals surface area contributed by atoms with Gasteiger partial charge in [-0.1, -0.05) is 23.7 Å². The zero-order chi connectivity index (χ0) is 11.3. The number of para-hydroxylation sites is 1. The van der Waals surface area contributed by atoms with Gasteiger partial charge in [-0.25, -0.2) is 9.18 Å². The van der Waals surface area contributed by atoms with Crippen molar-refractivity contribution < 1.29 is 9.18 Å². The lowest BCUT2D eigenvalue weighted by Gasteiger charge is -2.08. The van der Waals surface area contributed by atoms with Gasteiger partial charge in [0.25, 0.3) is 0 Å².